The van der Waals surface area contributed by atoms with Gasteiger partial charge in [-0.05, 0) is 47.2 Å². The molecule has 3 nitrogen and oxygen atoms in total. The van der Waals surface area contributed by atoms with Gasteiger partial charge in [-0.25, -0.2) is 4.39 Å². The minimum Gasteiger partial charge on any atom is -0.379 e. The van der Waals surface area contributed by atoms with Crippen molar-refractivity contribution in [3.8, 4) is 18.1 Å². The molecule has 0 aliphatic carbocycles. The van der Waals surface area contributed by atoms with Gasteiger partial charge in [0, 0.05) is 5.39 Å². The molecule has 3 rings (SSSR count). The summed E-state index contributed by atoms with van der Waals surface area (Å²) in [5.41, 5.74) is 0.900. The molecule has 26 heavy (non-hydrogen) atoms. The molecule has 0 bridgehead atoms. The third kappa shape index (κ3) is 3.29. The van der Waals surface area contributed by atoms with Crippen LogP contribution < -0.4 is 4.18 Å². The summed E-state index contributed by atoms with van der Waals surface area (Å²) in [6.07, 6.45) is 5.48. The molecular formula is C21H17FO3S. The predicted octanol–water partition coefficient (Wildman–Crippen LogP) is 4.85. The van der Waals surface area contributed by atoms with Gasteiger partial charge in [-0.3, -0.25) is 0 Å². The summed E-state index contributed by atoms with van der Waals surface area (Å²) >= 11 is 0. The fraction of sp³-hybridized carbons (Fsp3) is 0.143. The SMILES string of the molecule is C#Cc1c(F)ccc2cc(OS(=O)(=O)c3ccccc3)cc(C(C)C)c12. The number of halogens is 1. The lowest BCUT2D eigenvalue weighted by Gasteiger charge is -2.15. The maximum absolute atomic E-state index is 14.1. The van der Waals surface area contributed by atoms with Gasteiger partial charge >= 0.3 is 10.1 Å². The fourth-order valence-electron chi connectivity index (χ4n) is 2.85. The quantitative estimate of drug-likeness (QED) is 0.488. The first-order chi connectivity index (χ1) is 12.3. The Morgan fingerprint density at radius 2 is 1.77 bits per heavy atom. The van der Waals surface area contributed by atoms with Crippen molar-refractivity contribution in [2.75, 3.05) is 0 Å². The second-order valence-electron chi connectivity index (χ2n) is 6.18. The zero-order valence-corrected chi connectivity index (χ0v) is 15.2. The van der Waals surface area contributed by atoms with Gasteiger partial charge in [0.2, 0.25) is 0 Å². The molecule has 0 saturated heterocycles. The first-order valence-corrected chi connectivity index (χ1v) is 9.46. The van der Waals surface area contributed by atoms with E-state index in [1.807, 2.05) is 13.8 Å². The molecule has 0 atom stereocenters. The Morgan fingerprint density at radius 1 is 1.08 bits per heavy atom. The summed E-state index contributed by atoms with van der Waals surface area (Å²) in [6, 6.07) is 13.9. The predicted molar refractivity (Wildman–Crippen MR) is 100 cm³/mol. The molecule has 0 aliphatic rings. The van der Waals surface area contributed by atoms with Crippen LogP contribution in [0.25, 0.3) is 10.8 Å². The monoisotopic (exact) mass is 368 g/mol. The van der Waals surface area contributed by atoms with Crippen LogP contribution in [0.1, 0.15) is 30.9 Å². The van der Waals surface area contributed by atoms with Crippen molar-refractivity contribution in [1.29, 1.82) is 0 Å². The third-order valence-electron chi connectivity index (χ3n) is 4.08. The zero-order chi connectivity index (χ0) is 18.9. The molecule has 3 aromatic carbocycles. The van der Waals surface area contributed by atoms with Crippen molar-refractivity contribution < 1.29 is 17.0 Å². The van der Waals surface area contributed by atoms with Gasteiger partial charge < -0.3 is 4.18 Å². The Bertz CT molecular complexity index is 1110. The number of terminal acetylenes is 1. The van der Waals surface area contributed by atoms with Gasteiger partial charge in [0.1, 0.15) is 16.5 Å². The van der Waals surface area contributed by atoms with Gasteiger partial charge in [0.05, 0.1) is 5.56 Å². The lowest BCUT2D eigenvalue weighted by Crippen LogP contribution is -2.10. The Labute approximate surface area is 152 Å². The van der Waals surface area contributed by atoms with Gasteiger partial charge in [-0.15, -0.1) is 6.42 Å². The highest BCUT2D eigenvalue weighted by molar-refractivity contribution is 7.87. The van der Waals surface area contributed by atoms with Crippen molar-refractivity contribution in [3.63, 3.8) is 0 Å². The van der Waals surface area contributed by atoms with Crippen LogP contribution >= 0.6 is 0 Å². The minimum absolute atomic E-state index is 0.00520. The van der Waals surface area contributed by atoms with E-state index in [1.54, 1.807) is 36.4 Å². The molecule has 3 aromatic rings. The van der Waals surface area contributed by atoms with Crippen LogP contribution in [0, 0.1) is 18.2 Å². The molecule has 0 fully saturated rings. The van der Waals surface area contributed by atoms with E-state index in [-0.39, 0.29) is 22.1 Å². The summed E-state index contributed by atoms with van der Waals surface area (Å²) in [4.78, 5) is 0.0645. The maximum Gasteiger partial charge on any atom is 0.339 e. The van der Waals surface area contributed by atoms with Crippen molar-refractivity contribution in [2.24, 2.45) is 0 Å². The second kappa shape index (κ2) is 6.81. The normalized spacial score (nSPS) is 11.5. The second-order valence-corrected chi connectivity index (χ2v) is 7.73. The number of rotatable bonds is 4. The first kappa shape index (κ1) is 18.0. The molecular weight excluding hydrogens is 351 g/mol. The summed E-state index contributed by atoms with van der Waals surface area (Å²) in [5.74, 6) is 2.07. The highest BCUT2D eigenvalue weighted by atomic mass is 32.2. The molecule has 0 amide bonds. The van der Waals surface area contributed by atoms with Crippen LogP contribution in [0.5, 0.6) is 5.75 Å². The smallest absolute Gasteiger partial charge is 0.339 e. The van der Waals surface area contributed by atoms with E-state index in [0.29, 0.717) is 10.8 Å². The van der Waals surface area contributed by atoms with E-state index in [2.05, 4.69) is 5.92 Å². The summed E-state index contributed by atoms with van der Waals surface area (Å²) in [5, 5.41) is 1.23. The number of benzene rings is 3. The molecule has 0 spiro atoms. The van der Waals surface area contributed by atoms with Crippen molar-refractivity contribution in [1.82, 2.24) is 0 Å². The Balaban J connectivity index is 2.18. The number of hydrogen-bond donors (Lipinski definition) is 0. The fourth-order valence-corrected chi connectivity index (χ4v) is 3.79. The van der Waals surface area contributed by atoms with Gasteiger partial charge in [-0.2, -0.15) is 8.42 Å². The number of fused-ring (bicyclic) bond motifs is 1. The van der Waals surface area contributed by atoms with Crippen LogP contribution in [0.2, 0.25) is 0 Å². The van der Waals surface area contributed by atoms with Gasteiger partial charge in [-0.1, -0.05) is 44.0 Å². The van der Waals surface area contributed by atoms with Crippen molar-refractivity contribution >= 4 is 20.9 Å². The molecule has 132 valence electrons. The Kier molecular flexibility index (Phi) is 4.71. The minimum atomic E-state index is -3.96. The highest BCUT2D eigenvalue weighted by Gasteiger charge is 2.19. The van der Waals surface area contributed by atoms with E-state index in [1.165, 1.54) is 18.2 Å². The van der Waals surface area contributed by atoms with E-state index in [4.69, 9.17) is 10.6 Å². The van der Waals surface area contributed by atoms with Crippen LogP contribution in [0.15, 0.2) is 59.5 Å². The molecule has 0 N–H and O–H groups in total. The average Bonchev–Trinajstić information content (AvgIpc) is 2.61. The Morgan fingerprint density at radius 3 is 2.38 bits per heavy atom. The summed E-state index contributed by atoms with van der Waals surface area (Å²) < 4.78 is 44.4. The van der Waals surface area contributed by atoms with E-state index >= 15 is 0 Å². The number of hydrogen-bond acceptors (Lipinski definition) is 3. The van der Waals surface area contributed by atoms with E-state index in [0.717, 1.165) is 5.56 Å². The first-order valence-electron chi connectivity index (χ1n) is 8.06. The Hall–Kier alpha value is -2.84. The topological polar surface area (TPSA) is 43.4 Å². The van der Waals surface area contributed by atoms with Crippen LogP contribution in [0.4, 0.5) is 4.39 Å². The molecule has 0 saturated carbocycles. The van der Waals surface area contributed by atoms with Crippen LogP contribution in [0.3, 0.4) is 0 Å². The lowest BCUT2D eigenvalue weighted by atomic mass is 9.92. The molecule has 0 radical (unpaired) electrons. The van der Waals surface area contributed by atoms with Gasteiger partial charge in [0.25, 0.3) is 0 Å². The summed E-state index contributed by atoms with van der Waals surface area (Å²) in [6.45, 7) is 3.85. The molecule has 0 heterocycles. The third-order valence-corrected chi connectivity index (χ3v) is 5.34. The van der Waals surface area contributed by atoms with Crippen molar-refractivity contribution in [2.45, 2.75) is 24.7 Å². The molecule has 5 heteroatoms. The standard InChI is InChI=1S/C21H17FO3S/c1-4-18-20(22)11-10-15-12-16(13-19(14(2)3)21(15)18)25-26(23,24)17-8-6-5-7-9-17/h1,5-14H,2-3H3. The van der Waals surface area contributed by atoms with Crippen molar-refractivity contribution in [3.05, 3.63) is 71.5 Å². The lowest BCUT2D eigenvalue weighted by molar-refractivity contribution is 0.486. The van der Waals surface area contributed by atoms with E-state index in [9.17, 15) is 12.8 Å². The molecule has 0 unspecified atom stereocenters. The van der Waals surface area contributed by atoms with Crippen LogP contribution in [-0.2, 0) is 10.1 Å². The summed E-state index contributed by atoms with van der Waals surface area (Å²) in [7, 11) is -3.96. The molecule has 0 aliphatic heterocycles. The molecule has 0 aromatic heterocycles. The average molecular weight is 368 g/mol. The van der Waals surface area contributed by atoms with E-state index < -0.39 is 15.9 Å². The van der Waals surface area contributed by atoms with Gasteiger partial charge in [0.15, 0.2) is 0 Å². The zero-order valence-electron chi connectivity index (χ0n) is 14.4. The maximum atomic E-state index is 14.1. The largest absolute Gasteiger partial charge is 0.379 e. The van der Waals surface area contributed by atoms with Crippen LogP contribution in [-0.4, -0.2) is 8.42 Å². The highest BCUT2D eigenvalue weighted by Crippen LogP contribution is 2.34.